The molecule has 2 amide bonds. The minimum atomic E-state index is -0.457. The third-order valence-corrected chi connectivity index (χ3v) is 4.22. The number of primary amides is 1. The molecule has 122 valence electrons. The van der Waals surface area contributed by atoms with E-state index in [0.29, 0.717) is 23.0 Å². The molecule has 0 bridgehead atoms. The zero-order valence-corrected chi connectivity index (χ0v) is 13.6. The number of nitrogens with two attached hydrogens (primary N) is 2. The van der Waals surface area contributed by atoms with Crippen molar-refractivity contribution in [2.45, 2.75) is 32.4 Å². The Bertz CT molecular complexity index is 683. The fourth-order valence-electron chi connectivity index (χ4n) is 2.12. The van der Waals surface area contributed by atoms with E-state index in [-0.39, 0.29) is 18.4 Å². The molecule has 5 N–H and O–H groups in total. The summed E-state index contributed by atoms with van der Waals surface area (Å²) in [4.78, 5) is 22.4. The number of aromatic nitrogens is 2. The molecule has 23 heavy (non-hydrogen) atoms. The SMILES string of the molecule is CC(=O)NC(Cc1ccc(CN)cc1)c1nnc(CC(N)=O)s1. The van der Waals surface area contributed by atoms with Crippen LogP contribution in [0.1, 0.15) is 34.1 Å². The second-order valence-corrected chi connectivity index (χ2v) is 6.25. The number of hydrogen-bond acceptors (Lipinski definition) is 6. The fraction of sp³-hybridized carbons (Fsp3) is 0.333. The van der Waals surface area contributed by atoms with E-state index in [4.69, 9.17) is 11.5 Å². The highest BCUT2D eigenvalue weighted by molar-refractivity contribution is 7.11. The number of carbonyl (C=O) groups is 2. The zero-order valence-electron chi connectivity index (χ0n) is 12.8. The molecule has 2 aromatic rings. The summed E-state index contributed by atoms with van der Waals surface area (Å²) >= 11 is 1.28. The second kappa shape index (κ2) is 7.80. The zero-order chi connectivity index (χ0) is 16.8. The summed E-state index contributed by atoms with van der Waals surface area (Å²) in [6.07, 6.45) is 0.630. The number of carbonyl (C=O) groups excluding carboxylic acids is 2. The van der Waals surface area contributed by atoms with Gasteiger partial charge in [0.2, 0.25) is 11.8 Å². The van der Waals surface area contributed by atoms with E-state index in [1.54, 1.807) is 0 Å². The molecular formula is C15H19N5O2S. The van der Waals surface area contributed by atoms with Crippen molar-refractivity contribution in [3.63, 3.8) is 0 Å². The highest BCUT2D eigenvalue weighted by Gasteiger charge is 2.19. The molecule has 7 nitrogen and oxygen atoms in total. The molecule has 0 aliphatic carbocycles. The van der Waals surface area contributed by atoms with Crippen molar-refractivity contribution < 1.29 is 9.59 Å². The predicted molar refractivity (Wildman–Crippen MR) is 87.4 cm³/mol. The lowest BCUT2D eigenvalue weighted by Crippen LogP contribution is -2.27. The number of hydrogen-bond donors (Lipinski definition) is 3. The van der Waals surface area contributed by atoms with Crippen LogP contribution in [0.25, 0.3) is 0 Å². The largest absolute Gasteiger partial charge is 0.369 e. The van der Waals surface area contributed by atoms with Crippen molar-refractivity contribution in [3.05, 3.63) is 45.4 Å². The maximum absolute atomic E-state index is 11.5. The van der Waals surface area contributed by atoms with Gasteiger partial charge < -0.3 is 16.8 Å². The van der Waals surface area contributed by atoms with Gasteiger partial charge in [0.25, 0.3) is 0 Å². The topological polar surface area (TPSA) is 124 Å². The van der Waals surface area contributed by atoms with Crippen LogP contribution in [0, 0.1) is 0 Å². The third kappa shape index (κ3) is 5.11. The minimum absolute atomic E-state index is 0.0512. The van der Waals surface area contributed by atoms with Gasteiger partial charge in [-0.15, -0.1) is 10.2 Å². The molecule has 0 aliphatic heterocycles. The van der Waals surface area contributed by atoms with Gasteiger partial charge in [-0.25, -0.2) is 0 Å². The Kier molecular flexibility index (Phi) is 5.78. The van der Waals surface area contributed by atoms with Crippen molar-refractivity contribution in [2.75, 3.05) is 0 Å². The van der Waals surface area contributed by atoms with Gasteiger partial charge >= 0.3 is 0 Å². The smallest absolute Gasteiger partial charge is 0.224 e. The first-order chi connectivity index (χ1) is 11.0. The Hall–Kier alpha value is -2.32. The van der Waals surface area contributed by atoms with Crippen LogP contribution in [0.4, 0.5) is 0 Å². The monoisotopic (exact) mass is 333 g/mol. The van der Waals surface area contributed by atoms with Crippen molar-refractivity contribution >= 4 is 23.2 Å². The standard InChI is InChI=1S/C15H19N5O2S/c1-9(21)18-12(6-10-2-4-11(8-16)5-3-10)15-20-19-14(23-15)7-13(17)22/h2-5,12H,6-8,16H2,1H3,(H2,17,22)(H,18,21). The number of benzene rings is 1. The lowest BCUT2D eigenvalue weighted by atomic mass is 10.0. The number of nitrogens with zero attached hydrogens (tertiary/aromatic N) is 2. The van der Waals surface area contributed by atoms with Gasteiger partial charge in [0.15, 0.2) is 0 Å². The summed E-state index contributed by atoms with van der Waals surface area (Å²) in [5.41, 5.74) is 12.8. The van der Waals surface area contributed by atoms with Crippen LogP contribution in [0.5, 0.6) is 0 Å². The number of nitrogens with one attached hydrogen (secondary N) is 1. The van der Waals surface area contributed by atoms with Gasteiger partial charge in [-0.2, -0.15) is 0 Å². The molecule has 0 fully saturated rings. The van der Waals surface area contributed by atoms with E-state index < -0.39 is 5.91 Å². The summed E-state index contributed by atoms with van der Waals surface area (Å²) in [5, 5.41) is 12.1. The molecule has 0 saturated heterocycles. The van der Waals surface area contributed by atoms with Gasteiger partial charge in [0.05, 0.1) is 12.5 Å². The predicted octanol–water partition coefficient (Wildman–Crippen LogP) is 0.444. The fourth-order valence-corrected chi connectivity index (χ4v) is 3.02. The summed E-state index contributed by atoms with van der Waals surface area (Å²) < 4.78 is 0. The Balaban J connectivity index is 2.16. The summed E-state index contributed by atoms with van der Waals surface area (Å²) in [6.45, 7) is 1.94. The van der Waals surface area contributed by atoms with Crippen LogP contribution in [0.2, 0.25) is 0 Å². The molecule has 8 heteroatoms. The van der Waals surface area contributed by atoms with E-state index >= 15 is 0 Å². The molecular weight excluding hydrogens is 314 g/mol. The van der Waals surface area contributed by atoms with Crippen LogP contribution >= 0.6 is 11.3 Å². The molecule has 0 saturated carbocycles. The van der Waals surface area contributed by atoms with Crippen LogP contribution < -0.4 is 16.8 Å². The molecule has 0 spiro atoms. The average Bonchev–Trinajstić information content (AvgIpc) is 2.94. The summed E-state index contributed by atoms with van der Waals surface area (Å²) in [7, 11) is 0. The maximum Gasteiger partial charge on any atom is 0.224 e. The van der Waals surface area contributed by atoms with Gasteiger partial charge in [0, 0.05) is 13.5 Å². The van der Waals surface area contributed by atoms with Gasteiger partial charge in [-0.3, -0.25) is 9.59 Å². The van der Waals surface area contributed by atoms with Crippen LogP contribution in [0.3, 0.4) is 0 Å². The molecule has 1 aromatic heterocycles. The molecule has 1 atom stereocenters. The van der Waals surface area contributed by atoms with Gasteiger partial charge in [-0.1, -0.05) is 35.6 Å². The van der Waals surface area contributed by atoms with Crippen molar-refractivity contribution in [2.24, 2.45) is 11.5 Å². The minimum Gasteiger partial charge on any atom is -0.369 e. The Morgan fingerprint density at radius 3 is 2.43 bits per heavy atom. The molecule has 1 aromatic carbocycles. The van der Waals surface area contributed by atoms with E-state index in [1.807, 2.05) is 24.3 Å². The third-order valence-electron chi connectivity index (χ3n) is 3.18. The second-order valence-electron chi connectivity index (χ2n) is 5.15. The van der Waals surface area contributed by atoms with Crippen LogP contribution in [0.15, 0.2) is 24.3 Å². The van der Waals surface area contributed by atoms with Gasteiger partial charge in [0.1, 0.15) is 10.0 Å². The normalized spacial score (nSPS) is 11.9. The lowest BCUT2D eigenvalue weighted by Gasteiger charge is -2.15. The van der Waals surface area contributed by atoms with E-state index in [1.165, 1.54) is 18.3 Å². The molecule has 0 aliphatic rings. The van der Waals surface area contributed by atoms with E-state index in [2.05, 4.69) is 15.5 Å². The quantitative estimate of drug-likeness (QED) is 0.678. The molecule has 0 radical (unpaired) electrons. The number of amides is 2. The van der Waals surface area contributed by atoms with E-state index in [0.717, 1.165) is 11.1 Å². The first-order valence-corrected chi connectivity index (χ1v) is 7.95. The number of rotatable bonds is 7. The first kappa shape index (κ1) is 17.0. The van der Waals surface area contributed by atoms with Crippen LogP contribution in [-0.4, -0.2) is 22.0 Å². The average molecular weight is 333 g/mol. The highest BCUT2D eigenvalue weighted by Crippen LogP contribution is 2.22. The summed E-state index contributed by atoms with van der Waals surface area (Å²) in [6, 6.07) is 7.57. The Morgan fingerprint density at radius 2 is 1.87 bits per heavy atom. The maximum atomic E-state index is 11.5. The van der Waals surface area contributed by atoms with Crippen molar-refractivity contribution in [1.29, 1.82) is 0 Å². The molecule has 1 heterocycles. The molecule has 2 rings (SSSR count). The Labute approximate surface area is 138 Å². The van der Waals surface area contributed by atoms with Crippen LogP contribution in [-0.2, 0) is 29.0 Å². The lowest BCUT2D eigenvalue weighted by molar-refractivity contribution is -0.120. The van der Waals surface area contributed by atoms with Gasteiger partial charge in [-0.05, 0) is 17.5 Å². The first-order valence-electron chi connectivity index (χ1n) is 7.13. The highest BCUT2D eigenvalue weighted by atomic mass is 32.1. The summed E-state index contributed by atoms with van der Waals surface area (Å²) in [5.74, 6) is -0.610. The molecule has 1 unspecified atom stereocenters. The van der Waals surface area contributed by atoms with E-state index in [9.17, 15) is 9.59 Å². The Morgan fingerprint density at radius 1 is 1.22 bits per heavy atom. The van der Waals surface area contributed by atoms with Crippen molar-refractivity contribution in [3.8, 4) is 0 Å². The van der Waals surface area contributed by atoms with Crippen molar-refractivity contribution in [1.82, 2.24) is 15.5 Å².